The summed E-state index contributed by atoms with van der Waals surface area (Å²) in [7, 11) is 0. The van der Waals surface area contributed by atoms with Crippen molar-refractivity contribution in [2.75, 3.05) is 0 Å². The predicted octanol–water partition coefficient (Wildman–Crippen LogP) is 6.46. The zero-order valence-electron chi connectivity index (χ0n) is 12.0. The van der Waals surface area contributed by atoms with Gasteiger partial charge in [0.25, 0.3) is 0 Å². The summed E-state index contributed by atoms with van der Waals surface area (Å²) in [6.45, 7) is 0. The van der Waals surface area contributed by atoms with Gasteiger partial charge in [0.2, 0.25) is 0 Å². The number of fused-ring (bicyclic) bond motifs is 1. The smallest absolute Gasteiger partial charge is 0.139 e. The minimum absolute atomic E-state index is 0.364. The Morgan fingerprint density at radius 2 is 1.86 bits per heavy atom. The molecule has 108 valence electrons. The molecule has 1 atom stereocenters. The van der Waals surface area contributed by atoms with Crippen molar-refractivity contribution in [1.82, 2.24) is 0 Å². The van der Waals surface area contributed by atoms with E-state index in [9.17, 15) is 0 Å². The number of halogens is 1. The Balaban J connectivity index is 1.98. The topological polar surface area (TPSA) is 13.1 Å². The number of allylic oxidation sites excluding steroid dienone is 4. The highest BCUT2D eigenvalue weighted by molar-refractivity contribution is 9.10. The summed E-state index contributed by atoms with van der Waals surface area (Å²) in [5.41, 5.74) is 3.35. The first-order chi connectivity index (χ1) is 10.8. The van der Waals surface area contributed by atoms with Gasteiger partial charge >= 0.3 is 0 Å². The van der Waals surface area contributed by atoms with Crippen LogP contribution in [-0.4, -0.2) is 0 Å². The van der Waals surface area contributed by atoms with E-state index in [1.165, 1.54) is 10.9 Å². The highest BCUT2D eigenvalue weighted by Gasteiger charge is 2.22. The van der Waals surface area contributed by atoms with E-state index in [0.29, 0.717) is 5.92 Å². The summed E-state index contributed by atoms with van der Waals surface area (Å²) in [6, 6.07) is 16.6. The molecule has 3 aromatic rings. The second-order valence-corrected chi connectivity index (χ2v) is 6.42. The van der Waals surface area contributed by atoms with Crippen LogP contribution in [0, 0.1) is 0 Å². The Morgan fingerprint density at radius 1 is 1.00 bits per heavy atom. The summed E-state index contributed by atoms with van der Waals surface area (Å²) < 4.78 is 7.27. The van der Waals surface area contributed by atoms with Crippen LogP contribution in [-0.2, 0) is 0 Å². The van der Waals surface area contributed by atoms with Gasteiger partial charge in [-0.05, 0) is 24.6 Å². The number of furan rings is 1. The molecule has 1 aliphatic carbocycles. The van der Waals surface area contributed by atoms with Gasteiger partial charge in [0, 0.05) is 26.9 Å². The van der Waals surface area contributed by atoms with Crippen LogP contribution in [0.3, 0.4) is 0 Å². The molecule has 2 aromatic carbocycles. The molecule has 22 heavy (non-hydrogen) atoms. The van der Waals surface area contributed by atoms with E-state index in [4.69, 9.17) is 4.42 Å². The monoisotopic (exact) mass is 350 g/mol. The zero-order valence-corrected chi connectivity index (χ0v) is 13.6. The highest BCUT2D eigenvalue weighted by Crippen LogP contribution is 2.41. The fourth-order valence-electron chi connectivity index (χ4n) is 3.06. The molecule has 1 nitrogen and oxygen atoms in total. The predicted molar refractivity (Wildman–Crippen MR) is 95.0 cm³/mol. The van der Waals surface area contributed by atoms with Crippen molar-refractivity contribution >= 4 is 26.9 Å². The minimum atomic E-state index is 0.364. The maximum atomic E-state index is 6.23. The Bertz CT molecular complexity index is 871. The van der Waals surface area contributed by atoms with Crippen LogP contribution in [0.25, 0.3) is 22.3 Å². The lowest BCUT2D eigenvalue weighted by Gasteiger charge is -2.14. The Morgan fingerprint density at radius 3 is 2.64 bits per heavy atom. The molecule has 0 N–H and O–H groups in total. The molecule has 0 radical (unpaired) electrons. The molecule has 0 aliphatic heterocycles. The van der Waals surface area contributed by atoms with Gasteiger partial charge < -0.3 is 4.42 Å². The van der Waals surface area contributed by atoms with Crippen LogP contribution in [0.1, 0.15) is 17.9 Å². The lowest BCUT2D eigenvalue weighted by Crippen LogP contribution is -1.97. The maximum absolute atomic E-state index is 6.23. The SMILES string of the molecule is Brc1ccc2c(C3C=CC=CC3)c(-c3ccccc3)oc2c1. The molecule has 1 aliphatic rings. The molecule has 0 fully saturated rings. The molecular formula is C20H15BrO. The van der Waals surface area contributed by atoms with E-state index in [1.807, 2.05) is 12.1 Å². The van der Waals surface area contributed by atoms with E-state index < -0.39 is 0 Å². The van der Waals surface area contributed by atoms with E-state index in [0.717, 1.165) is 27.8 Å². The van der Waals surface area contributed by atoms with Crippen LogP contribution in [0.5, 0.6) is 0 Å². The van der Waals surface area contributed by atoms with Crippen molar-refractivity contribution in [3.63, 3.8) is 0 Å². The Hall–Kier alpha value is -2.06. The fourth-order valence-corrected chi connectivity index (χ4v) is 3.40. The quantitative estimate of drug-likeness (QED) is 0.516. The summed E-state index contributed by atoms with van der Waals surface area (Å²) in [5.74, 6) is 1.35. The highest BCUT2D eigenvalue weighted by atomic mass is 79.9. The summed E-state index contributed by atoms with van der Waals surface area (Å²) >= 11 is 3.53. The summed E-state index contributed by atoms with van der Waals surface area (Å²) in [4.78, 5) is 0. The van der Waals surface area contributed by atoms with Crippen molar-refractivity contribution in [3.8, 4) is 11.3 Å². The van der Waals surface area contributed by atoms with Gasteiger partial charge in [-0.1, -0.05) is 70.6 Å². The molecule has 0 saturated carbocycles. The average Bonchev–Trinajstić information content (AvgIpc) is 2.95. The van der Waals surface area contributed by atoms with Crippen molar-refractivity contribution in [2.45, 2.75) is 12.3 Å². The van der Waals surface area contributed by atoms with Gasteiger partial charge in [-0.15, -0.1) is 0 Å². The standard InChI is InChI=1S/C20H15BrO/c21-16-11-12-17-18(13-16)22-20(15-9-5-2-6-10-15)19(17)14-7-3-1-4-8-14/h1-7,9-14H,8H2. The normalized spacial score (nSPS) is 17.2. The average molecular weight is 351 g/mol. The number of hydrogen-bond donors (Lipinski definition) is 0. The van der Waals surface area contributed by atoms with Gasteiger partial charge in [0.15, 0.2) is 0 Å². The van der Waals surface area contributed by atoms with Gasteiger partial charge in [0.1, 0.15) is 11.3 Å². The molecule has 0 saturated heterocycles. The Labute approximate surface area is 138 Å². The zero-order chi connectivity index (χ0) is 14.9. The first kappa shape index (κ1) is 13.6. The van der Waals surface area contributed by atoms with Crippen LogP contribution in [0.2, 0.25) is 0 Å². The first-order valence-electron chi connectivity index (χ1n) is 7.43. The molecule has 1 heterocycles. The van der Waals surface area contributed by atoms with Crippen LogP contribution in [0.4, 0.5) is 0 Å². The second-order valence-electron chi connectivity index (χ2n) is 5.51. The minimum Gasteiger partial charge on any atom is -0.456 e. The molecule has 1 unspecified atom stereocenters. The fraction of sp³-hybridized carbons (Fsp3) is 0.100. The van der Waals surface area contributed by atoms with Crippen molar-refractivity contribution in [1.29, 1.82) is 0 Å². The number of benzene rings is 2. The lowest BCUT2D eigenvalue weighted by molar-refractivity contribution is 0.623. The molecule has 0 bridgehead atoms. The van der Waals surface area contributed by atoms with E-state index in [2.05, 4.69) is 76.6 Å². The van der Waals surface area contributed by atoms with Gasteiger partial charge in [-0.3, -0.25) is 0 Å². The van der Waals surface area contributed by atoms with Gasteiger partial charge in [-0.25, -0.2) is 0 Å². The van der Waals surface area contributed by atoms with Crippen molar-refractivity contribution in [2.24, 2.45) is 0 Å². The first-order valence-corrected chi connectivity index (χ1v) is 8.23. The van der Waals surface area contributed by atoms with Crippen LogP contribution < -0.4 is 0 Å². The van der Waals surface area contributed by atoms with Gasteiger partial charge in [0.05, 0.1) is 0 Å². The molecule has 4 rings (SSSR count). The summed E-state index contributed by atoms with van der Waals surface area (Å²) in [6.07, 6.45) is 9.73. The summed E-state index contributed by atoms with van der Waals surface area (Å²) in [5, 5.41) is 1.20. The van der Waals surface area contributed by atoms with E-state index >= 15 is 0 Å². The Kier molecular flexibility index (Phi) is 3.47. The molecule has 2 heteroatoms. The van der Waals surface area contributed by atoms with Crippen molar-refractivity contribution < 1.29 is 4.42 Å². The lowest BCUT2D eigenvalue weighted by atomic mass is 9.89. The molecule has 0 spiro atoms. The number of rotatable bonds is 2. The molecule has 1 aromatic heterocycles. The molecular weight excluding hydrogens is 336 g/mol. The van der Waals surface area contributed by atoms with Gasteiger partial charge in [-0.2, -0.15) is 0 Å². The number of hydrogen-bond acceptors (Lipinski definition) is 1. The molecule has 0 amide bonds. The second kappa shape index (κ2) is 5.62. The third-order valence-electron chi connectivity index (χ3n) is 4.08. The third-order valence-corrected chi connectivity index (χ3v) is 4.57. The van der Waals surface area contributed by atoms with Crippen LogP contribution >= 0.6 is 15.9 Å². The van der Waals surface area contributed by atoms with E-state index in [1.54, 1.807) is 0 Å². The third kappa shape index (κ3) is 2.34. The van der Waals surface area contributed by atoms with E-state index in [-0.39, 0.29) is 0 Å². The van der Waals surface area contributed by atoms with Crippen molar-refractivity contribution in [3.05, 3.63) is 82.9 Å². The maximum Gasteiger partial charge on any atom is 0.139 e. The van der Waals surface area contributed by atoms with Crippen LogP contribution in [0.15, 0.2) is 81.7 Å². The largest absolute Gasteiger partial charge is 0.456 e.